The zero-order chi connectivity index (χ0) is 21.6. The second kappa shape index (κ2) is 9.42. The van der Waals surface area contributed by atoms with Crippen LogP contribution >= 0.6 is 0 Å². The summed E-state index contributed by atoms with van der Waals surface area (Å²) in [6.45, 7) is 1.60. The van der Waals surface area contributed by atoms with E-state index in [0.717, 1.165) is 16.5 Å². The van der Waals surface area contributed by atoms with E-state index < -0.39 is 0 Å². The number of nitriles is 1. The molecule has 4 heteroatoms. The fourth-order valence-corrected chi connectivity index (χ4v) is 4.06. The first-order valence-electron chi connectivity index (χ1n) is 10.5. The molecule has 3 aromatic carbocycles. The van der Waals surface area contributed by atoms with Crippen molar-refractivity contribution >= 4 is 16.7 Å². The highest BCUT2D eigenvalue weighted by molar-refractivity contribution is 6.09. The number of hydrogen-bond donors (Lipinski definition) is 0. The van der Waals surface area contributed by atoms with Gasteiger partial charge in [0, 0.05) is 35.8 Å². The number of fused-ring (bicyclic) bond motifs is 1. The third-order valence-corrected chi connectivity index (χ3v) is 5.51. The minimum atomic E-state index is 0.0894. The molecular weight excluding hydrogens is 382 g/mol. The first-order chi connectivity index (χ1) is 15.2. The van der Waals surface area contributed by atoms with Crippen LogP contribution in [0.1, 0.15) is 22.3 Å². The van der Waals surface area contributed by atoms with Crippen LogP contribution in [0, 0.1) is 11.3 Å². The van der Waals surface area contributed by atoms with Gasteiger partial charge in [-0.2, -0.15) is 5.26 Å². The highest BCUT2D eigenvalue weighted by atomic mass is 16.1. The molecule has 4 nitrogen and oxygen atoms in total. The van der Waals surface area contributed by atoms with E-state index in [1.54, 1.807) is 0 Å². The lowest BCUT2D eigenvalue weighted by Crippen LogP contribution is -2.25. The Balaban J connectivity index is 1.54. The molecule has 0 aliphatic heterocycles. The minimum Gasteiger partial charge on any atom is -0.346 e. The highest BCUT2D eigenvalue weighted by Gasteiger charge is 2.17. The van der Waals surface area contributed by atoms with Gasteiger partial charge in [-0.05, 0) is 29.8 Å². The third-order valence-electron chi connectivity index (χ3n) is 5.51. The molecule has 0 unspecified atom stereocenters. The number of aromatic nitrogens is 1. The quantitative estimate of drug-likeness (QED) is 0.361. The van der Waals surface area contributed by atoms with Gasteiger partial charge in [-0.15, -0.1) is 0 Å². The van der Waals surface area contributed by atoms with Crippen molar-refractivity contribution in [2.24, 2.45) is 0 Å². The Morgan fingerprint density at radius 2 is 1.68 bits per heavy atom. The van der Waals surface area contributed by atoms with Crippen LogP contribution in [0.2, 0.25) is 0 Å². The first kappa shape index (κ1) is 20.6. The summed E-state index contributed by atoms with van der Waals surface area (Å²) in [4.78, 5) is 15.2. The topological polar surface area (TPSA) is 49.0 Å². The van der Waals surface area contributed by atoms with Gasteiger partial charge in [0.25, 0.3) is 0 Å². The summed E-state index contributed by atoms with van der Waals surface area (Å²) in [6.07, 6.45) is 2.32. The van der Waals surface area contributed by atoms with Gasteiger partial charge in [0.05, 0.1) is 19.0 Å². The molecule has 0 spiro atoms. The smallest absolute Gasteiger partial charge is 0.178 e. The molecular formula is C27H25N3O. The molecule has 0 bridgehead atoms. The standard InChI is InChI=1S/C27H25N3O/c1-29(18-22-12-5-6-13-23(22)21-10-3-2-4-11-21)20-27(31)25-19-30(17-9-16-28)26-15-8-7-14-24(25)26/h2-8,10-15,19H,9,17-18,20H2,1H3. The summed E-state index contributed by atoms with van der Waals surface area (Å²) in [5.41, 5.74) is 5.28. The van der Waals surface area contributed by atoms with Gasteiger partial charge in [-0.3, -0.25) is 9.69 Å². The highest BCUT2D eigenvalue weighted by Crippen LogP contribution is 2.25. The summed E-state index contributed by atoms with van der Waals surface area (Å²) >= 11 is 0. The van der Waals surface area contributed by atoms with Gasteiger partial charge in [-0.25, -0.2) is 0 Å². The van der Waals surface area contributed by atoms with Gasteiger partial charge in [0.15, 0.2) is 5.78 Å². The zero-order valence-electron chi connectivity index (χ0n) is 17.7. The van der Waals surface area contributed by atoms with Crippen molar-refractivity contribution < 1.29 is 4.79 Å². The average molecular weight is 408 g/mol. The molecule has 1 aromatic heterocycles. The maximum absolute atomic E-state index is 13.2. The summed E-state index contributed by atoms with van der Waals surface area (Å²) in [5, 5.41) is 9.89. The Kier molecular flexibility index (Phi) is 6.26. The predicted molar refractivity (Wildman–Crippen MR) is 125 cm³/mol. The Labute approximate surface area is 183 Å². The fraction of sp³-hybridized carbons (Fsp3) is 0.185. The van der Waals surface area contributed by atoms with E-state index in [0.29, 0.717) is 26.1 Å². The second-order valence-corrected chi connectivity index (χ2v) is 7.78. The van der Waals surface area contributed by atoms with Gasteiger partial charge in [-0.1, -0.05) is 72.8 Å². The van der Waals surface area contributed by atoms with Gasteiger partial charge in [0.2, 0.25) is 0 Å². The molecule has 4 aromatic rings. The van der Waals surface area contributed by atoms with Crippen molar-refractivity contribution in [3.05, 3.63) is 96.2 Å². The fourth-order valence-electron chi connectivity index (χ4n) is 4.06. The normalized spacial score (nSPS) is 11.0. The number of carbonyl (C=O) groups excluding carboxylic acids is 1. The van der Waals surface area contributed by atoms with Crippen LogP contribution in [0.5, 0.6) is 0 Å². The number of para-hydroxylation sites is 1. The summed E-state index contributed by atoms with van der Waals surface area (Å²) in [7, 11) is 1.98. The number of rotatable bonds is 8. The van der Waals surface area contributed by atoms with E-state index in [1.165, 1.54) is 16.7 Å². The Hall–Kier alpha value is -3.68. The molecule has 4 rings (SSSR count). The van der Waals surface area contributed by atoms with E-state index in [4.69, 9.17) is 5.26 Å². The van der Waals surface area contributed by atoms with Crippen LogP contribution in [-0.4, -0.2) is 28.8 Å². The number of nitrogens with zero attached hydrogens (tertiary/aromatic N) is 3. The van der Waals surface area contributed by atoms with E-state index >= 15 is 0 Å². The van der Waals surface area contributed by atoms with E-state index in [2.05, 4.69) is 35.2 Å². The molecule has 31 heavy (non-hydrogen) atoms. The van der Waals surface area contributed by atoms with Crippen LogP contribution in [0.15, 0.2) is 85.1 Å². The van der Waals surface area contributed by atoms with Crippen molar-refractivity contribution in [1.29, 1.82) is 5.26 Å². The molecule has 154 valence electrons. The lowest BCUT2D eigenvalue weighted by molar-refractivity contribution is 0.0944. The molecule has 1 heterocycles. The maximum atomic E-state index is 13.2. The number of hydrogen-bond acceptors (Lipinski definition) is 3. The summed E-state index contributed by atoms with van der Waals surface area (Å²) in [6, 6.07) is 28.8. The summed E-state index contributed by atoms with van der Waals surface area (Å²) in [5.74, 6) is 0.0894. The van der Waals surface area contributed by atoms with Crippen molar-refractivity contribution in [1.82, 2.24) is 9.47 Å². The number of ketones is 1. The minimum absolute atomic E-state index is 0.0894. The van der Waals surface area contributed by atoms with Gasteiger partial charge >= 0.3 is 0 Å². The van der Waals surface area contributed by atoms with Crippen molar-refractivity contribution in [2.45, 2.75) is 19.5 Å². The number of Topliss-reactive ketones (excluding diaryl/α,β-unsaturated/α-hetero) is 1. The van der Waals surface area contributed by atoms with Crippen LogP contribution in [-0.2, 0) is 13.1 Å². The van der Waals surface area contributed by atoms with Crippen LogP contribution < -0.4 is 0 Å². The number of benzene rings is 3. The molecule has 0 saturated heterocycles. The van der Waals surface area contributed by atoms with Crippen LogP contribution in [0.4, 0.5) is 0 Å². The Morgan fingerprint density at radius 3 is 2.48 bits per heavy atom. The monoisotopic (exact) mass is 407 g/mol. The van der Waals surface area contributed by atoms with Crippen molar-refractivity contribution in [2.75, 3.05) is 13.6 Å². The summed E-state index contributed by atoms with van der Waals surface area (Å²) < 4.78 is 2.01. The number of carbonyl (C=O) groups is 1. The largest absolute Gasteiger partial charge is 0.346 e. The second-order valence-electron chi connectivity index (χ2n) is 7.78. The van der Waals surface area contributed by atoms with Gasteiger partial charge in [0.1, 0.15) is 0 Å². The van der Waals surface area contributed by atoms with Crippen molar-refractivity contribution in [3.8, 4) is 17.2 Å². The first-order valence-corrected chi connectivity index (χ1v) is 10.5. The van der Waals surface area contributed by atoms with Crippen LogP contribution in [0.25, 0.3) is 22.0 Å². The molecule has 0 aliphatic carbocycles. The maximum Gasteiger partial charge on any atom is 0.178 e. The number of aryl methyl sites for hydroxylation is 1. The SMILES string of the molecule is CN(CC(=O)c1cn(CCC#N)c2ccccc12)Cc1ccccc1-c1ccccc1. The van der Waals surface area contributed by atoms with E-state index in [-0.39, 0.29) is 5.78 Å². The molecule has 0 fully saturated rings. The third kappa shape index (κ3) is 4.58. The van der Waals surface area contributed by atoms with Crippen LogP contribution in [0.3, 0.4) is 0 Å². The lowest BCUT2D eigenvalue weighted by atomic mass is 9.99. The molecule has 0 N–H and O–H groups in total. The van der Waals surface area contributed by atoms with Gasteiger partial charge < -0.3 is 4.57 Å². The lowest BCUT2D eigenvalue weighted by Gasteiger charge is -2.18. The van der Waals surface area contributed by atoms with Crippen molar-refractivity contribution in [3.63, 3.8) is 0 Å². The Bertz CT molecular complexity index is 1230. The average Bonchev–Trinajstić information content (AvgIpc) is 3.17. The number of likely N-dealkylation sites (N-methyl/N-ethyl adjacent to an activating group) is 1. The molecule has 0 radical (unpaired) electrons. The molecule has 0 amide bonds. The molecule has 0 atom stereocenters. The predicted octanol–water partition coefficient (Wildman–Crippen LogP) is 5.54. The Morgan fingerprint density at radius 1 is 0.968 bits per heavy atom. The van der Waals surface area contributed by atoms with E-state index in [9.17, 15) is 4.79 Å². The molecule has 0 saturated carbocycles. The molecule has 0 aliphatic rings. The zero-order valence-corrected chi connectivity index (χ0v) is 17.7. The van der Waals surface area contributed by atoms with E-state index in [1.807, 2.05) is 72.4 Å².